The van der Waals surface area contributed by atoms with E-state index < -0.39 is 5.97 Å². The molecule has 3 aromatic rings. The van der Waals surface area contributed by atoms with Crippen molar-refractivity contribution in [3.8, 4) is 0 Å². The van der Waals surface area contributed by atoms with Gasteiger partial charge in [-0.1, -0.05) is 48.0 Å². The molecule has 0 unspecified atom stereocenters. The van der Waals surface area contributed by atoms with Crippen molar-refractivity contribution in [3.05, 3.63) is 107 Å². The van der Waals surface area contributed by atoms with Gasteiger partial charge in [-0.15, -0.1) is 0 Å². The SMILES string of the molecule is CCOC(=O)C1=C(c2ccccc2)c2ccc(C)cc2C1=O.Cl[Se]c1ccccc1. The van der Waals surface area contributed by atoms with Crippen molar-refractivity contribution >= 4 is 45.9 Å². The topological polar surface area (TPSA) is 43.4 Å². The molecule has 30 heavy (non-hydrogen) atoms. The number of hydrogen-bond acceptors (Lipinski definition) is 3. The van der Waals surface area contributed by atoms with Gasteiger partial charge in [-0.05, 0) is 31.0 Å². The van der Waals surface area contributed by atoms with E-state index in [1.165, 1.54) is 4.46 Å². The monoisotopic (exact) mass is 484 g/mol. The van der Waals surface area contributed by atoms with E-state index in [9.17, 15) is 9.59 Å². The second-order valence-electron chi connectivity index (χ2n) is 6.60. The number of carbonyl (C=O) groups excluding carboxylic acids is 2. The van der Waals surface area contributed by atoms with Crippen LogP contribution in [0.2, 0.25) is 0 Å². The molecule has 0 aliphatic heterocycles. The van der Waals surface area contributed by atoms with Gasteiger partial charge in [-0.2, -0.15) is 0 Å². The Hall–Kier alpha value is -2.65. The van der Waals surface area contributed by atoms with Gasteiger partial charge in [0.15, 0.2) is 0 Å². The first-order valence-corrected chi connectivity index (χ1v) is 12.6. The molecule has 0 atom stereocenters. The van der Waals surface area contributed by atoms with Gasteiger partial charge < -0.3 is 4.74 Å². The second-order valence-corrected chi connectivity index (χ2v) is 8.72. The van der Waals surface area contributed by atoms with Crippen LogP contribution < -0.4 is 4.46 Å². The van der Waals surface area contributed by atoms with Crippen LogP contribution in [0.15, 0.2) is 84.4 Å². The molecule has 0 N–H and O–H groups in total. The van der Waals surface area contributed by atoms with Gasteiger partial charge in [0.1, 0.15) is 5.57 Å². The average Bonchev–Trinajstić information content (AvgIpc) is 3.07. The van der Waals surface area contributed by atoms with Gasteiger partial charge in [0, 0.05) is 11.1 Å². The molecule has 1 aliphatic rings. The number of esters is 1. The van der Waals surface area contributed by atoms with E-state index >= 15 is 0 Å². The summed E-state index contributed by atoms with van der Waals surface area (Å²) in [6.07, 6.45) is 0. The quantitative estimate of drug-likeness (QED) is 0.306. The molecule has 0 fully saturated rings. The first kappa shape index (κ1) is 22.0. The number of Topliss-reactive ketones (excluding diaryl/α,β-unsaturated/α-hetero) is 1. The number of halogens is 1. The predicted octanol–water partition coefficient (Wildman–Crippen LogP) is 4.73. The summed E-state index contributed by atoms with van der Waals surface area (Å²) in [6.45, 7) is 3.91. The zero-order chi connectivity index (χ0) is 21.5. The Labute approximate surface area is 187 Å². The molecule has 0 saturated carbocycles. The van der Waals surface area contributed by atoms with E-state index in [0.717, 1.165) is 16.7 Å². The number of benzene rings is 3. The van der Waals surface area contributed by atoms with Gasteiger partial charge >= 0.3 is 64.9 Å². The molecule has 4 rings (SSSR count). The Balaban J connectivity index is 0.000000269. The van der Waals surface area contributed by atoms with Crippen LogP contribution in [0.3, 0.4) is 0 Å². The fraction of sp³-hybridized carbons (Fsp3) is 0.120. The van der Waals surface area contributed by atoms with Crippen molar-refractivity contribution in [1.82, 2.24) is 0 Å². The van der Waals surface area contributed by atoms with Crippen LogP contribution in [0.4, 0.5) is 0 Å². The molecule has 0 spiro atoms. The van der Waals surface area contributed by atoms with Crippen molar-refractivity contribution in [2.45, 2.75) is 13.8 Å². The van der Waals surface area contributed by atoms with Crippen LogP contribution in [-0.4, -0.2) is 32.4 Å². The van der Waals surface area contributed by atoms with Crippen LogP contribution in [0.25, 0.3) is 5.57 Å². The van der Waals surface area contributed by atoms with E-state index in [2.05, 4.69) is 0 Å². The Morgan fingerprint density at radius 3 is 2.13 bits per heavy atom. The first-order valence-electron chi connectivity index (χ1n) is 9.53. The molecular weight excluding hydrogens is 463 g/mol. The minimum atomic E-state index is -0.555. The Morgan fingerprint density at radius 1 is 0.933 bits per heavy atom. The summed E-state index contributed by atoms with van der Waals surface area (Å²) >= 11 is 0.140. The van der Waals surface area contributed by atoms with Crippen molar-refractivity contribution in [2.75, 3.05) is 6.61 Å². The molecular formula is C25H21ClO3Se. The molecule has 0 heterocycles. The van der Waals surface area contributed by atoms with Crippen LogP contribution in [0.5, 0.6) is 0 Å². The van der Waals surface area contributed by atoms with Crippen molar-refractivity contribution < 1.29 is 14.3 Å². The van der Waals surface area contributed by atoms with Crippen molar-refractivity contribution in [1.29, 1.82) is 0 Å². The number of fused-ring (bicyclic) bond motifs is 1. The minimum absolute atomic E-state index is 0.133. The zero-order valence-electron chi connectivity index (χ0n) is 16.7. The molecule has 0 radical (unpaired) electrons. The number of rotatable bonds is 4. The molecule has 0 bridgehead atoms. The summed E-state index contributed by atoms with van der Waals surface area (Å²) in [7, 11) is 5.59. The third kappa shape index (κ3) is 4.91. The van der Waals surface area contributed by atoms with E-state index in [1.54, 1.807) is 6.92 Å². The normalized spacial score (nSPS) is 12.2. The third-order valence-electron chi connectivity index (χ3n) is 4.54. The molecule has 0 aromatic heterocycles. The van der Waals surface area contributed by atoms with E-state index in [0.29, 0.717) is 11.1 Å². The Morgan fingerprint density at radius 2 is 1.57 bits per heavy atom. The van der Waals surface area contributed by atoms with Crippen LogP contribution in [0, 0.1) is 6.92 Å². The third-order valence-corrected chi connectivity index (χ3v) is 6.41. The van der Waals surface area contributed by atoms with Crippen molar-refractivity contribution in [2.24, 2.45) is 0 Å². The van der Waals surface area contributed by atoms with Gasteiger partial charge in [0.25, 0.3) is 0 Å². The predicted molar refractivity (Wildman–Crippen MR) is 122 cm³/mol. The first-order chi connectivity index (χ1) is 14.6. The summed E-state index contributed by atoms with van der Waals surface area (Å²) in [5.74, 6) is -0.809. The van der Waals surface area contributed by atoms with Crippen LogP contribution in [0.1, 0.15) is 34.0 Å². The molecule has 5 heteroatoms. The van der Waals surface area contributed by atoms with E-state index in [1.807, 2.05) is 85.8 Å². The standard InChI is InChI=1S/C19H16O3.C6H5ClSe/c1-3-22-19(21)17-16(13-7-5-4-6-8-13)14-10-9-12(2)11-15(14)18(17)20;7-8-6-4-2-1-3-5-6/h4-11H,3H2,1-2H3;1-5H. The molecule has 3 aromatic carbocycles. The maximum absolute atomic E-state index is 12.7. The molecule has 3 nitrogen and oxygen atoms in total. The number of ketones is 1. The zero-order valence-corrected chi connectivity index (χ0v) is 19.2. The molecule has 1 aliphatic carbocycles. The average molecular weight is 484 g/mol. The molecule has 0 saturated heterocycles. The fourth-order valence-corrected chi connectivity index (χ4v) is 4.30. The summed E-state index contributed by atoms with van der Waals surface area (Å²) < 4.78 is 6.33. The number of hydrogen-bond donors (Lipinski definition) is 0. The van der Waals surface area contributed by atoms with Gasteiger partial charge in [-0.3, -0.25) is 4.79 Å². The van der Waals surface area contributed by atoms with Crippen molar-refractivity contribution in [3.63, 3.8) is 0 Å². The second kappa shape index (κ2) is 10.4. The van der Waals surface area contributed by atoms with Crippen LogP contribution in [-0.2, 0) is 9.53 Å². The maximum atomic E-state index is 12.7. The fourth-order valence-electron chi connectivity index (χ4n) is 3.22. The summed E-state index contributed by atoms with van der Waals surface area (Å²) in [5.41, 5.74) is 4.01. The molecule has 0 amide bonds. The molecule has 152 valence electrons. The van der Waals surface area contributed by atoms with E-state index in [-0.39, 0.29) is 32.0 Å². The van der Waals surface area contributed by atoms with Gasteiger partial charge in [0.05, 0.1) is 6.61 Å². The number of carbonyl (C=O) groups is 2. The van der Waals surface area contributed by atoms with Crippen LogP contribution >= 0.6 is 10.1 Å². The summed E-state index contributed by atoms with van der Waals surface area (Å²) in [5, 5.41) is 0. The number of ether oxygens (including phenoxy) is 1. The Kier molecular flexibility index (Phi) is 7.64. The van der Waals surface area contributed by atoms with Gasteiger partial charge in [-0.25, -0.2) is 4.79 Å². The van der Waals surface area contributed by atoms with Gasteiger partial charge in [0.2, 0.25) is 5.78 Å². The van der Waals surface area contributed by atoms with E-state index in [4.69, 9.17) is 14.8 Å². The number of aryl methyl sites for hydroxylation is 1. The summed E-state index contributed by atoms with van der Waals surface area (Å²) in [4.78, 5) is 25.0. The Bertz CT molecular complexity index is 1080. The summed E-state index contributed by atoms with van der Waals surface area (Å²) in [6, 6.07) is 25.2.